The standard InChI is InChI=1S/C16H28N4S/c1-6-9-17-14-12(3)16(20(4)11(2)10-21-5)19-15(18-14)13-7-8-13/h11,13H,6-10H2,1-5H3,(H,17,18,19). The lowest BCUT2D eigenvalue weighted by atomic mass is 10.2. The molecule has 1 heterocycles. The molecule has 0 aliphatic heterocycles. The van der Waals surface area contributed by atoms with E-state index in [1.54, 1.807) is 0 Å². The zero-order chi connectivity index (χ0) is 15.4. The fourth-order valence-electron chi connectivity index (χ4n) is 2.37. The third kappa shape index (κ3) is 4.02. The van der Waals surface area contributed by atoms with Gasteiger partial charge in [-0.15, -0.1) is 0 Å². The molecule has 1 aromatic heterocycles. The van der Waals surface area contributed by atoms with Crippen LogP contribution >= 0.6 is 11.8 Å². The number of anilines is 2. The quantitative estimate of drug-likeness (QED) is 0.793. The summed E-state index contributed by atoms with van der Waals surface area (Å²) in [5.74, 6) is 4.82. The Labute approximate surface area is 133 Å². The van der Waals surface area contributed by atoms with Crippen molar-refractivity contribution in [3.05, 3.63) is 11.4 Å². The van der Waals surface area contributed by atoms with Crippen LogP contribution in [0.25, 0.3) is 0 Å². The summed E-state index contributed by atoms with van der Waals surface area (Å²) < 4.78 is 0. The number of thioether (sulfide) groups is 1. The maximum atomic E-state index is 4.87. The van der Waals surface area contributed by atoms with Crippen LogP contribution in [0.2, 0.25) is 0 Å². The summed E-state index contributed by atoms with van der Waals surface area (Å²) in [5, 5.41) is 3.47. The zero-order valence-corrected chi connectivity index (χ0v) is 14.8. The monoisotopic (exact) mass is 308 g/mol. The third-order valence-corrected chi connectivity index (χ3v) is 4.84. The van der Waals surface area contributed by atoms with Crippen molar-refractivity contribution in [1.82, 2.24) is 9.97 Å². The molecule has 1 aliphatic rings. The van der Waals surface area contributed by atoms with Gasteiger partial charge in [0.25, 0.3) is 0 Å². The highest BCUT2D eigenvalue weighted by molar-refractivity contribution is 7.98. The van der Waals surface area contributed by atoms with Gasteiger partial charge in [-0.25, -0.2) is 9.97 Å². The maximum Gasteiger partial charge on any atom is 0.137 e. The van der Waals surface area contributed by atoms with Gasteiger partial charge in [-0.05, 0) is 39.4 Å². The third-order valence-electron chi connectivity index (χ3n) is 4.03. The Balaban J connectivity index is 2.31. The SMILES string of the molecule is CCCNc1nc(C2CC2)nc(N(C)C(C)CSC)c1C. The van der Waals surface area contributed by atoms with Gasteiger partial charge in [0.2, 0.25) is 0 Å². The molecule has 1 saturated carbocycles. The summed E-state index contributed by atoms with van der Waals surface area (Å²) in [6, 6.07) is 0.472. The van der Waals surface area contributed by atoms with E-state index in [0.717, 1.165) is 36.2 Å². The Morgan fingerprint density at radius 2 is 2.10 bits per heavy atom. The number of nitrogens with zero attached hydrogens (tertiary/aromatic N) is 3. The highest BCUT2D eigenvalue weighted by atomic mass is 32.2. The van der Waals surface area contributed by atoms with Crippen molar-refractivity contribution in [3.63, 3.8) is 0 Å². The first-order valence-corrected chi connectivity index (χ1v) is 9.32. The predicted molar refractivity (Wildman–Crippen MR) is 93.8 cm³/mol. The van der Waals surface area contributed by atoms with Crippen molar-refractivity contribution < 1.29 is 0 Å². The van der Waals surface area contributed by atoms with E-state index in [-0.39, 0.29) is 0 Å². The lowest BCUT2D eigenvalue weighted by Gasteiger charge is -2.28. The van der Waals surface area contributed by atoms with Crippen molar-refractivity contribution in [3.8, 4) is 0 Å². The fourth-order valence-corrected chi connectivity index (χ4v) is 3.07. The largest absolute Gasteiger partial charge is 0.370 e. The van der Waals surface area contributed by atoms with Crippen LogP contribution in [0.15, 0.2) is 0 Å². The van der Waals surface area contributed by atoms with E-state index < -0.39 is 0 Å². The van der Waals surface area contributed by atoms with Gasteiger partial charge in [-0.3, -0.25) is 0 Å². The molecule has 1 aromatic rings. The van der Waals surface area contributed by atoms with E-state index in [4.69, 9.17) is 9.97 Å². The van der Waals surface area contributed by atoms with Gasteiger partial charge < -0.3 is 10.2 Å². The van der Waals surface area contributed by atoms with Gasteiger partial charge in [-0.2, -0.15) is 11.8 Å². The molecule has 5 heteroatoms. The van der Waals surface area contributed by atoms with Crippen LogP contribution in [0.1, 0.15) is 50.4 Å². The first kappa shape index (κ1) is 16.4. The van der Waals surface area contributed by atoms with Crippen molar-refractivity contribution >= 4 is 23.4 Å². The number of rotatable bonds is 8. The molecule has 118 valence electrons. The van der Waals surface area contributed by atoms with Crippen LogP contribution in [0.5, 0.6) is 0 Å². The lowest BCUT2D eigenvalue weighted by molar-refractivity contribution is 0.740. The summed E-state index contributed by atoms with van der Waals surface area (Å²) in [4.78, 5) is 11.9. The van der Waals surface area contributed by atoms with E-state index >= 15 is 0 Å². The Morgan fingerprint density at radius 3 is 2.67 bits per heavy atom. The predicted octanol–water partition coefficient (Wildman–Crippen LogP) is 3.67. The molecule has 1 unspecified atom stereocenters. The second-order valence-corrected chi connectivity index (χ2v) is 6.91. The number of hydrogen-bond acceptors (Lipinski definition) is 5. The topological polar surface area (TPSA) is 41.1 Å². The van der Waals surface area contributed by atoms with Crippen LogP contribution in [0.3, 0.4) is 0 Å². The van der Waals surface area contributed by atoms with Crippen LogP contribution in [0, 0.1) is 6.92 Å². The molecule has 1 fully saturated rings. The van der Waals surface area contributed by atoms with Crippen molar-refractivity contribution in [1.29, 1.82) is 0 Å². The number of hydrogen-bond donors (Lipinski definition) is 1. The lowest BCUT2D eigenvalue weighted by Crippen LogP contribution is -2.32. The fraction of sp³-hybridized carbons (Fsp3) is 0.750. The van der Waals surface area contributed by atoms with Crippen LogP contribution < -0.4 is 10.2 Å². The highest BCUT2D eigenvalue weighted by Gasteiger charge is 2.29. The molecule has 0 radical (unpaired) electrons. The van der Waals surface area contributed by atoms with Crippen LogP contribution in [-0.4, -0.2) is 41.6 Å². The van der Waals surface area contributed by atoms with E-state index in [0.29, 0.717) is 12.0 Å². The molecule has 1 N–H and O–H groups in total. The normalized spacial score (nSPS) is 15.9. The van der Waals surface area contributed by atoms with Crippen molar-refractivity contribution in [2.75, 3.05) is 35.8 Å². The summed E-state index contributed by atoms with van der Waals surface area (Å²) in [7, 11) is 2.15. The summed E-state index contributed by atoms with van der Waals surface area (Å²) >= 11 is 1.88. The molecule has 1 atom stereocenters. The van der Waals surface area contributed by atoms with Crippen LogP contribution in [0.4, 0.5) is 11.6 Å². The second-order valence-electron chi connectivity index (χ2n) is 6.00. The number of aromatic nitrogens is 2. The second kappa shape index (κ2) is 7.34. The van der Waals surface area contributed by atoms with Crippen molar-refractivity contribution in [2.45, 2.75) is 52.0 Å². The van der Waals surface area contributed by atoms with Gasteiger partial charge >= 0.3 is 0 Å². The molecular weight excluding hydrogens is 280 g/mol. The molecule has 21 heavy (non-hydrogen) atoms. The molecule has 0 spiro atoms. The first-order chi connectivity index (χ1) is 10.1. The maximum absolute atomic E-state index is 4.87. The average Bonchev–Trinajstić information content (AvgIpc) is 3.30. The van der Waals surface area contributed by atoms with E-state index in [1.165, 1.54) is 18.4 Å². The molecule has 4 nitrogen and oxygen atoms in total. The average molecular weight is 308 g/mol. The zero-order valence-electron chi connectivity index (χ0n) is 13.9. The summed E-state index contributed by atoms with van der Waals surface area (Å²) in [6.07, 6.45) is 5.73. The van der Waals surface area contributed by atoms with Gasteiger partial charge in [0, 0.05) is 36.9 Å². The van der Waals surface area contributed by atoms with E-state index in [1.807, 2.05) is 11.8 Å². The molecule has 0 aromatic carbocycles. The Hall–Kier alpha value is -0.970. The Morgan fingerprint density at radius 1 is 1.38 bits per heavy atom. The van der Waals surface area contributed by atoms with Gasteiger partial charge in [-0.1, -0.05) is 6.92 Å². The Kier molecular flexibility index (Phi) is 5.73. The highest BCUT2D eigenvalue weighted by Crippen LogP contribution is 2.40. The number of nitrogens with one attached hydrogen (secondary N) is 1. The first-order valence-electron chi connectivity index (χ1n) is 7.92. The molecule has 0 saturated heterocycles. The van der Waals surface area contributed by atoms with Gasteiger partial charge in [0.05, 0.1) is 0 Å². The molecular formula is C16H28N4S. The molecule has 2 rings (SSSR count). The molecule has 1 aliphatic carbocycles. The summed E-state index contributed by atoms with van der Waals surface area (Å²) in [6.45, 7) is 7.53. The minimum absolute atomic E-state index is 0.472. The van der Waals surface area contributed by atoms with Crippen molar-refractivity contribution in [2.24, 2.45) is 0 Å². The van der Waals surface area contributed by atoms with E-state index in [9.17, 15) is 0 Å². The minimum Gasteiger partial charge on any atom is -0.370 e. The molecule has 0 bridgehead atoms. The molecule has 0 amide bonds. The van der Waals surface area contributed by atoms with Gasteiger partial charge in [0.15, 0.2) is 0 Å². The summed E-state index contributed by atoms with van der Waals surface area (Å²) in [5.41, 5.74) is 1.17. The van der Waals surface area contributed by atoms with Gasteiger partial charge in [0.1, 0.15) is 17.5 Å². The minimum atomic E-state index is 0.472. The Bertz CT molecular complexity index is 474. The van der Waals surface area contributed by atoms with E-state index in [2.05, 4.69) is 44.3 Å². The van der Waals surface area contributed by atoms with Crippen LogP contribution in [-0.2, 0) is 0 Å². The smallest absolute Gasteiger partial charge is 0.137 e.